The second-order valence-corrected chi connectivity index (χ2v) is 4.78. The number of anilines is 1. The Balaban J connectivity index is 2.25. The standard InChI is InChI=1S/C12H18ClN3/c1-9-10(2)14-12(15-11(9)13)16-7-5-3-4-6-8-16/h3-8H2,1-2H3. The molecule has 0 aliphatic carbocycles. The number of hydrogen-bond acceptors (Lipinski definition) is 3. The van der Waals surface area contributed by atoms with E-state index < -0.39 is 0 Å². The average Bonchev–Trinajstić information content (AvgIpc) is 2.53. The predicted octanol–water partition coefficient (Wildman–Crippen LogP) is 3.13. The molecule has 1 fully saturated rings. The molecule has 0 unspecified atom stereocenters. The summed E-state index contributed by atoms with van der Waals surface area (Å²) in [6.07, 6.45) is 5.09. The summed E-state index contributed by atoms with van der Waals surface area (Å²) < 4.78 is 0. The number of aromatic nitrogens is 2. The average molecular weight is 240 g/mol. The van der Waals surface area contributed by atoms with E-state index in [9.17, 15) is 0 Å². The van der Waals surface area contributed by atoms with Gasteiger partial charge in [0.15, 0.2) is 0 Å². The van der Waals surface area contributed by atoms with Crippen LogP contribution in [0.5, 0.6) is 0 Å². The molecule has 0 saturated carbocycles. The van der Waals surface area contributed by atoms with Crippen molar-refractivity contribution in [2.45, 2.75) is 39.5 Å². The molecule has 2 rings (SSSR count). The molecule has 0 bridgehead atoms. The summed E-state index contributed by atoms with van der Waals surface area (Å²) in [5.41, 5.74) is 1.97. The van der Waals surface area contributed by atoms with Crippen LogP contribution in [0.3, 0.4) is 0 Å². The predicted molar refractivity (Wildman–Crippen MR) is 67.2 cm³/mol. The number of nitrogens with zero attached hydrogens (tertiary/aromatic N) is 3. The summed E-state index contributed by atoms with van der Waals surface area (Å²) >= 11 is 6.10. The van der Waals surface area contributed by atoms with Crippen molar-refractivity contribution in [3.05, 3.63) is 16.4 Å². The molecule has 3 nitrogen and oxygen atoms in total. The smallest absolute Gasteiger partial charge is 0.226 e. The summed E-state index contributed by atoms with van der Waals surface area (Å²) in [7, 11) is 0. The second kappa shape index (κ2) is 5.00. The molecule has 0 amide bonds. The summed E-state index contributed by atoms with van der Waals surface area (Å²) in [5.74, 6) is 0.801. The van der Waals surface area contributed by atoms with Gasteiger partial charge in [0.2, 0.25) is 5.95 Å². The first-order valence-electron chi connectivity index (χ1n) is 5.94. The Bertz CT molecular complexity index is 348. The highest BCUT2D eigenvalue weighted by atomic mass is 35.5. The van der Waals surface area contributed by atoms with Crippen LogP contribution in [-0.2, 0) is 0 Å². The van der Waals surface area contributed by atoms with E-state index in [1.54, 1.807) is 0 Å². The molecule has 16 heavy (non-hydrogen) atoms. The van der Waals surface area contributed by atoms with Gasteiger partial charge in [0.25, 0.3) is 0 Å². The third-order valence-corrected chi connectivity index (χ3v) is 3.57. The van der Waals surface area contributed by atoms with Crippen LogP contribution in [0.1, 0.15) is 36.9 Å². The fourth-order valence-corrected chi connectivity index (χ4v) is 2.20. The van der Waals surface area contributed by atoms with Gasteiger partial charge in [-0.2, -0.15) is 0 Å². The van der Waals surface area contributed by atoms with Gasteiger partial charge in [0.1, 0.15) is 5.15 Å². The van der Waals surface area contributed by atoms with Crippen LogP contribution in [0.4, 0.5) is 5.95 Å². The van der Waals surface area contributed by atoms with Gasteiger partial charge >= 0.3 is 0 Å². The van der Waals surface area contributed by atoms with Gasteiger partial charge in [-0.25, -0.2) is 9.97 Å². The minimum Gasteiger partial charge on any atom is -0.341 e. The number of hydrogen-bond donors (Lipinski definition) is 0. The van der Waals surface area contributed by atoms with E-state index in [0.717, 1.165) is 30.3 Å². The van der Waals surface area contributed by atoms with E-state index in [2.05, 4.69) is 14.9 Å². The van der Waals surface area contributed by atoms with Crippen LogP contribution in [0.25, 0.3) is 0 Å². The van der Waals surface area contributed by atoms with Gasteiger partial charge in [0, 0.05) is 24.3 Å². The monoisotopic (exact) mass is 239 g/mol. The third-order valence-electron chi connectivity index (χ3n) is 3.21. The van der Waals surface area contributed by atoms with Gasteiger partial charge in [0.05, 0.1) is 0 Å². The molecule has 4 heteroatoms. The van der Waals surface area contributed by atoms with E-state index in [1.165, 1.54) is 25.7 Å². The summed E-state index contributed by atoms with van der Waals surface area (Å²) in [4.78, 5) is 11.2. The molecule has 1 aromatic rings. The SMILES string of the molecule is Cc1nc(N2CCCCCC2)nc(Cl)c1C. The first-order chi connectivity index (χ1) is 7.68. The van der Waals surface area contributed by atoms with Crippen molar-refractivity contribution in [3.63, 3.8) is 0 Å². The van der Waals surface area contributed by atoms with Crippen LogP contribution in [0, 0.1) is 13.8 Å². The quantitative estimate of drug-likeness (QED) is 0.705. The second-order valence-electron chi connectivity index (χ2n) is 4.43. The van der Waals surface area contributed by atoms with Crippen molar-refractivity contribution in [1.29, 1.82) is 0 Å². The maximum absolute atomic E-state index is 6.10. The number of halogens is 1. The fraction of sp³-hybridized carbons (Fsp3) is 0.667. The minimum atomic E-state index is 0.590. The van der Waals surface area contributed by atoms with Crippen LogP contribution >= 0.6 is 11.6 Å². The summed E-state index contributed by atoms with van der Waals surface area (Å²) in [6.45, 7) is 6.06. The first-order valence-corrected chi connectivity index (χ1v) is 6.32. The molecule has 0 radical (unpaired) electrons. The normalized spacial score (nSPS) is 17.3. The minimum absolute atomic E-state index is 0.590. The van der Waals surface area contributed by atoms with Crippen molar-refractivity contribution in [1.82, 2.24) is 9.97 Å². The Labute approximate surface area is 102 Å². The van der Waals surface area contributed by atoms with Crippen molar-refractivity contribution in [3.8, 4) is 0 Å². The Morgan fingerprint density at radius 3 is 2.19 bits per heavy atom. The third kappa shape index (κ3) is 2.46. The largest absolute Gasteiger partial charge is 0.341 e. The molecular weight excluding hydrogens is 222 g/mol. The first kappa shape index (κ1) is 11.6. The zero-order chi connectivity index (χ0) is 11.5. The lowest BCUT2D eigenvalue weighted by molar-refractivity contribution is 0.726. The zero-order valence-electron chi connectivity index (χ0n) is 9.96. The van der Waals surface area contributed by atoms with E-state index >= 15 is 0 Å². The summed E-state index contributed by atoms with van der Waals surface area (Å²) in [5, 5.41) is 0.590. The zero-order valence-corrected chi connectivity index (χ0v) is 10.7. The molecule has 88 valence electrons. The van der Waals surface area contributed by atoms with E-state index in [0.29, 0.717) is 5.15 Å². The number of rotatable bonds is 1. The van der Waals surface area contributed by atoms with E-state index in [1.807, 2.05) is 13.8 Å². The van der Waals surface area contributed by atoms with E-state index in [4.69, 9.17) is 11.6 Å². The number of aryl methyl sites for hydroxylation is 1. The molecular formula is C12H18ClN3. The van der Waals surface area contributed by atoms with Crippen molar-refractivity contribution in [2.75, 3.05) is 18.0 Å². The maximum atomic E-state index is 6.10. The van der Waals surface area contributed by atoms with Crippen molar-refractivity contribution >= 4 is 17.5 Å². The Hall–Kier alpha value is -0.830. The molecule has 1 aromatic heterocycles. The molecule has 1 aliphatic heterocycles. The lowest BCUT2D eigenvalue weighted by Crippen LogP contribution is -2.26. The molecule has 0 N–H and O–H groups in total. The summed E-state index contributed by atoms with van der Waals surface area (Å²) in [6, 6.07) is 0. The molecule has 0 atom stereocenters. The topological polar surface area (TPSA) is 29.0 Å². The molecule has 2 heterocycles. The molecule has 0 spiro atoms. The van der Waals surface area contributed by atoms with Gasteiger partial charge in [-0.05, 0) is 26.7 Å². The molecule has 0 aromatic carbocycles. The highest BCUT2D eigenvalue weighted by Gasteiger charge is 2.14. The van der Waals surface area contributed by atoms with Crippen LogP contribution in [0.15, 0.2) is 0 Å². The van der Waals surface area contributed by atoms with E-state index in [-0.39, 0.29) is 0 Å². The van der Waals surface area contributed by atoms with Crippen molar-refractivity contribution < 1.29 is 0 Å². The Morgan fingerprint density at radius 2 is 1.62 bits per heavy atom. The molecule has 1 aliphatic rings. The van der Waals surface area contributed by atoms with Crippen LogP contribution in [0.2, 0.25) is 5.15 Å². The fourth-order valence-electron chi connectivity index (χ4n) is 1.99. The maximum Gasteiger partial charge on any atom is 0.226 e. The van der Waals surface area contributed by atoms with Gasteiger partial charge in [-0.15, -0.1) is 0 Å². The lowest BCUT2D eigenvalue weighted by Gasteiger charge is -2.21. The van der Waals surface area contributed by atoms with Gasteiger partial charge in [-0.1, -0.05) is 24.4 Å². The van der Waals surface area contributed by atoms with Crippen LogP contribution in [-0.4, -0.2) is 23.1 Å². The highest BCUT2D eigenvalue weighted by Crippen LogP contribution is 2.21. The lowest BCUT2D eigenvalue weighted by atomic mass is 10.2. The van der Waals surface area contributed by atoms with Crippen LogP contribution < -0.4 is 4.90 Å². The molecule has 1 saturated heterocycles. The highest BCUT2D eigenvalue weighted by molar-refractivity contribution is 6.30. The Morgan fingerprint density at radius 1 is 1.00 bits per heavy atom. The van der Waals surface area contributed by atoms with Crippen molar-refractivity contribution in [2.24, 2.45) is 0 Å². The Kier molecular flexibility index (Phi) is 3.64. The van der Waals surface area contributed by atoms with Gasteiger partial charge in [-0.3, -0.25) is 0 Å². The van der Waals surface area contributed by atoms with Gasteiger partial charge < -0.3 is 4.90 Å².